The number of likely N-dealkylation sites (tertiary alicyclic amines) is 1. The summed E-state index contributed by atoms with van der Waals surface area (Å²) < 4.78 is 0. The van der Waals surface area contributed by atoms with Crippen LogP contribution >= 0.6 is 15.9 Å². The summed E-state index contributed by atoms with van der Waals surface area (Å²) in [6.07, 6.45) is 7.50. The van der Waals surface area contributed by atoms with E-state index in [-0.39, 0.29) is 52.4 Å². The van der Waals surface area contributed by atoms with Crippen molar-refractivity contribution in [3.05, 3.63) is 65.7 Å². The Labute approximate surface area is 264 Å². The lowest BCUT2D eigenvalue weighted by molar-refractivity contribution is -0.183. The molecule has 0 unspecified atom stereocenters. The number of nitrogens with one attached hydrogen (secondary N) is 2. The maximum absolute atomic E-state index is 14.4. The highest BCUT2D eigenvalue weighted by Crippen LogP contribution is 2.65. The SMILES string of the molecule is CCC[C@@H]1[C@H]2[C@H](Br)[C@H]3CN(Cc4ccccc4)[C@@H]1[C@@]3(c1ccc(NC(C)=O)cc1)N(C(C)=O)[C@@H]2C(=O)NC1CCCCC1. The van der Waals surface area contributed by atoms with Gasteiger partial charge in [0, 0.05) is 61.4 Å². The summed E-state index contributed by atoms with van der Waals surface area (Å²) in [7, 11) is 0. The Balaban J connectivity index is 1.50. The molecule has 5 aliphatic rings. The summed E-state index contributed by atoms with van der Waals surface area (Å²) >= 11 is 4.21. The molecule has 2 aliphatic carbocycles. The van der Waals surface area contributed by atoms with Gasteiger partial charge in [0.1, 0.15) is 6.04 Å². The van der Waals surface area contributed by atoms with E-state index in [1.807, 2.05) is 23.1 Å². The number of nitrogens with zero attached hydrogens (tertiary/aromatic N) is 2. The smallest absolute Gasteiger partial charge is 0.243 e. The first-order chi connectivity index (χ1) is 20.8. The van der Waals surface area contributed by atoms with Gasteiger partial charge in [0.25, 0.3) is 0 Å². The number of piperidine rings is 2. The van der Waals surface area contributed by atoms with E-state index in [4.69, 9.17) is 0 Å². The Kier molecular flexibility index (Phi) is 8.71. The number of benzene rings is 2. The highest BCUT2D eigenvalue weighted by atomic mass is 79.9. The van der Waals surface area contributed by atoms with Crippen molar-refractivity contribution in [2.75, 3.05) is 11.9 Å². The fourth-order valence-corrected chi connectivity index (χ4v) is 10.5. The van der Waals surface area contributed by atoms with Crippen LogP contribution in [0.5, 0.6) is 0 Å². The zero-order chi connectivity index (χ0) is 30.3. The Morgan fingerprint density at radius 1 is 0.977 bits per heavy atom. The van der Waals surface area contributed by atoms with Crippen molar-refractivity contribution in [3.8, 4) is 0 Å². The second-order valence-corrected chi connectivity index (χ2v) is 14.3. The van der Waals surface area contributed by atoms with Crippen molar-refractivity contribution in [3.63, 3.8) is 0 Å². The average Bonchev–Trinajstić information content (AvgIpc) is 3.28. The number of fused-ring (bicyclic) bond motifs is 1. The second-order valence-electron chi connectivity index (χ2n) is 13.2. The first-order valence-corrected chi connectivity index (χ1v) is 17.1. The van der Waals surface area contributed by atoms with E-state index >= 15 is 0 Å². The van der Waals surface area contributed by atoms with Gasteiger partial charge < -0.3 is 15.5 Å². The lowest BCUT2D eigenvalue weighted by Gasteiger charge is -2.66. The number of anilines is 1. The van der Waals surface area contributed by atoms with E-state index in [0.717, 1.165) is 62.9 Å². The topological polar surface area (TPSA) is 81.8 Å². The molecule has 3 heterocycles. The molecule has 0 radical (unpaired) electrons. The third kappa shape index (κ3) is 5.22. The fraction of sp³-hybridized carbons (Fsp3) is 0.571. The predicted molar refractivity (Wildman–Crippen MR) is 172 cm³/mol. The molecule has 7 rings (SSSR count). The third-order valence-electron chi connectivity index (χ3n) is 10.6. The van der Waals surface area contributed by atoms with Gasteiger partial charge in [0.05, 0.1) is 5.54 Å². The van der Waals surface area contributed by atoms with Crippen LogP contribution in [0, 0.1) is 17.8 Å². The van der Waals surface area contributed by atoms with E-state index < -0.39 is 11.6 Å². The normalized spacial score (nSPS) is 32.0. The Hall–Kier alpha value is -2.71. The van der Waals surface area contributed by atoms with Crippen LogP contribution in [0.25, 0.3) is 0 Å². The lowest BCUT2D eigenvalue weighted by Crippen LogP contribution is -2.79. The number of rotatable bonds is 8. The number of hydrogen-bond acceptors (Lipinski definition) is 4. The molecule has 5 fully saturated rings. The molecule has 43 heavy (non-hydrogen) atoms. The van der Waals surface area contributed by atoms with Crippen LogP contribution in [0.4, 0.5) is 5.69 Å². The molecule has 0 spiro atoms. The van der Waals surface area contributed by atoms with E-state index in [9.17, 15) is 14.4 Å². The largest absolute Gasteiger partial charge is 0.352 e. The van der Waals surface area contributed by atoms with Gasteiger partial charge >= 0.3 is 0 Å². The van der Waals surface area contributed by atoms with Crippen LogP contribution in [-0.4, -0.2) is 57.0 Å². The first kappa shape index (κ1) is 30.3. The molecule has 8 heteroatoms. The fourth-order valence-electron chi connectivity index (χ4n) is 9.28. The molecule has 7 atom stereocenters. The minimum atomic E-state index is -0.688. The number of amides is 3. The maximum Gasteiger partial charge on any atom is 0.243 e. The van der Waals surface area contributed by atoms with Gasteiger partial charge in [-0.05, 0) is 48.4 Å². The van der Waals surface area contributed by atoms with Crippen molar-refractivity contribution in [1.29, 1.82) is 0 Å². The number of carbonyl (C=O) groups excluding carboxylic acids is 3. The van der Waals surface area contributed by atoms with E-state index in [2.05, 4.69) is 74.8 Å². The highest BCUT2D eigenvalue weighted by Gasteiger charge is 2.75. The molecule has 3 saturated heterocycles. The minimum Gasteiger partial charge on any atom is -0.352 e. The molecule has 2 N–H and O–H groups in total. The van der Waals surface area contributed by atoms with Crippen molar-refractivity contribution in [2.24, 2.45) is 17.8 Å². The van der Waals surface area contributed by atoms with Crippen molar-refractivity contribution in [2.45, 2.75) is 101 Å². The van der Waals surface area contributed by atoms with Crippen molar-refractivity contribution in [1.82, 2.24) is 15.1 Å². The maximum atomic E-state index is 14.4. The molecule has 2 aromatic carbocycles. The summed E-state index contributed by atoms with van der Waals surface area (Å²) in [5.41, 5.74) is 2.34. The van der Waals surface area contributed by atoms with Crippen LogP contribution in [0.15, 0.2) is 54.6 Å². The van der Waals surface area contributed by atoms with Gasteiger partial charge in [-0.2, -0.15) is 0 Å². The van der Waals surface area contributed by atoms with Crippen LogP contribution in [0.3, 0.4) is 0 Å². The minimum absolute atomic E-state index is 0.00491. The number of alkyl halides is 1. The average molecular weight is 650 g/mol. The quantitative estimate of drug-likeness (QED) is 0.353. The van der Waals surface area contributed by atoms with Gasteiger partial charge in [-0.25, -0.2) is 0 Å². The monoisotopic (exact) mass is 648 g/mol. The number of halogens is 1. The third-order valence-corrected chi connectivity index (χ3v) is 11.9. The molecule has 7 nitrogen and oxygen atoms in total. The molecule has 0 aromatic heterocycles. The predicted octanol–water partition coefficient (Wildman–Crippen LogP) is 5.83. The van der Waals surface area contributed by atoms with Gasteiger partial charge in [-0.3, -0.25) is 19.3 Å². The van der Waals surface area contributed by atoms with E-state index in [1.54, 1.807) is 6.92 Å². The summed E-state index contributed by atoms with van der Waals surface area (Å²) in [5.74, 6) is 0.185. The first-order valence-electron chi connectivity index (χ1n) is 16.2. The van der Waals surface area contributed by atoms with E-state index in [0.29, 0.717) is 0 Å². The molecule has 2 aromatic rings. The lowest BCUT2D eigenvalue weighted by atomic mass is 9.53. The van der Waals surface area contributed by atoms with E-state index in [1.165, 1.54) is 18.9 Å². The summed E-state index contributed by atoms with van der Waals surface area (Å²) in [5, 5.41) is 6.32. The van der Waals surface area contributed by atoms with Crippen LogP contribution in [0.1, 0.15) is 76.8 Å². The Morgan fingerprint density at radius 2 is 1.67 bits per heavy atom. The number of hydrogen-bond donors (Lipinski definition) is 2. The molecule has 4 bridgehead atoms. The van der Waals surface area contributed by atoms with Crippen molar-refractivity contribution < 1.29 is 14.4 Å². The Bertz CT molecular complexity index is 1330. The molecule has 3 aliphatic heterocycles. The summed E-state index contributed by atoms with van der Waals surface area (Å²) in [4.78, 5) is 44.9. The molecule has 2 saturated carbocycles. The molecular weight excluding hydrogens is 604 g/mol. The molecule has 3 amide bonds. The van der Waals surface area contributed by atoms with Crippen LogP contribution in [0.2, 0.25) is 0 Å². The second kappa shape index (κ2) is 12.4. The van der Waals surface area contributed by atoms with Gasteiger partial charge in [0.15, 0.2) is 0 Å². The van der Waals surface area contributed by atoms with Gasteiger partial charge in [-0.1, -0.05) is 91.0 Å². The van der Waals surface area contributed by atoms with Gasteiger partial charge in [0.2, 0.25) is 17.7 Å². The standard InChI is InChI=1S/C35H45BrN4O3/c1-4-11-28-30-31(36)29-21-39(20-24-12-7-5-8-13-24)33(28)35(29,25-16-18-27(19-17-25)37-22(2)41)40(23(3)42)32(30)34(43)38-26-14-9-6-10-15-26/h5,7-8,12-13,16-19,26,28-33H,4,6,9-11,14-15,20-21H2,1-3H3,(H,37,41)(H,38,43)/t28-,29-,30+,31-,32+,33+,35+/m1/s1. The number of carbonyl (C=O) groups is 3. The zero-order valence-corrected chi connectivity index (χ0v) is 27.2. The Morgan fingerprint density at radius 3 is 2.30 bits per heavy atom. The summed E-state index contributed by atoms with van der Waals surface area (Å²) in [6.45, 7) is 7.02. The zero-order valence-electron chi connectivity index (χ0n) is 25.6. The van der Waals surface area contributed by atoms with Crippen molar-refractivity contribution >= 4 is 39.3 Å². The van der Waals surface area contributed by atoms with Crippen LogP contribution in [-0.2, 0) is 26.5 Å². The molecular formula is C35H45BrN4O3. The highest BCUT2D eigenvalue weighted by molar-refractivity contribution is 9.09. The van der Waals surface area contributed by atoms with Gasteiger partial charge in [-0.15, -0.1) is 0 Å². The molecule has 230 valence electrons. The van der Waals surface area contributed by atoms with Crippen LogP contribution < -0.4 is 10.6 Å². The summed E-state index contributed by atoms with van der Waals surface area (Å²) in [6, 6.07) is 18.3.